The number of carbonyl (C=O) groups excluding carboxylic acids is 2. The van der Waals surface area contributed by atoms with Crippen molar-refractivity contribution in [2.45, 2.75) is 56.0 Å². The van der Waals surface area contributed by atoms with Crippen molar-refractivity contribution in [3.05, 3.63) is 65.2 Å². The third kappa shape index (κ3) is 7.13. The number of carbonyl (C=O) groups is 2. The van der Waals surface area contributed by atoms with Gasteiger partial charge in [0.15, 0.2) is 33.1 Å². The molecule has 2 aromatic heterocycles. The summed E-state index contributed by atoms with van der Waals surface area (Å²) in [6.07, 6.45) is 6.20. The predicted octanol–water partition coefficient (Wildman–Crippen LogP) is 2.48. The lowest BCUT2D eigenvalue weighted by atomic mass is 10.1. The highest BCUT2D eigenvalue weighted by Gasteiger charge is 2.37. The van der Waals surface area contributed by atoms with Gasteiger partial charge >= 0.3 is 0 Å². The van der Waals surface area contributed by atoms with E-state index in [9.17, 15) is 18.0 Å². The Bertz CT molecular complexity index is 1520. The average Bonchev–Trinajstić information content (AvgIpc) is 3.73. The molecule has 0 bridgehead atoms. The van der Waals surface area contributed by atoms with Crippen LogP contribution in [0.4, 0.5) is 5.13 Å². The number of anilines is 1. The monoisotopic (exact) mass is 597 g/mol. The summed E-state index contributed by atoms with van der Waals surface area (Å²) in [5.74, 6) is -0.0804. The number of sulfone groups is 1. The molecule has 0 unspecified atom stereocenters. The molecular formula is C27H31N7O5S2. The molecule has 1 aliphatic carbocycles. The number of thiazole rings is 1. The van der Waals surface area contributed by atoms with E-state index in [0.29, 0.717) is 42.5 Å². The summed E-state index contributed by atoms with van der Waals surface area (Å²) in [7, 11) is -3.37. The number of rotatable bonds is 10. The van der Waals surface area contributed by atoms with Gasteiger partial charge in [-0.1, -0.05) is 17.3 Å². The van der Waals surface area contributed by atoms with Crippen LogP contribution in [0.25, 0.3) is 0 Å². The molecule has 0 radical (unpaired) electrons. The van der Waals surface area contributed by atoms with E-state index in [-0.39, 0.29) is 34.4 Å². The predicted molar refractivity (Wildman–Crippen MR) is 153 cm³/mol. The fourth-order valence-corrected chi connectivity index (χ4v) is 7.12. The van der Waals surface area contributed by atoms with Crippen molar-refractivity contribution in [2.75, 3.05) is 25.0 Å². The van der Waals surface area contributed by atoms with Crippen molar-refractivity contribution >= 4 is 43.8 Å². The van der Waals surface area contributed by atoms with E-state index >= 15 is 0 Å². The number of hydrogen-bond donors (Lipinski definition) is 1. The molecule has 1 saturated carbocycles. The van der Waals surface area contributed by atoms with Crippen LogP contribution in [0.1, 0.15) is 43.0 Å². The summed E-state index contributed by atoms with van der Waals surface area (Å²) in [5, 5.41) is 6.92. The Hall–Kier alpha value is -3.75. The SMILES string of the molecule is CC(=O)N1CCN(Cc2cnc(NC(=O)/C(=N/OCc3ncccn3)c3ccc(S(=O)(=O)C4CC4)cc3)s2)C[C@@H]1C. The highest BCUT2D eigenvalue weighted by molar-refractivity contribution is 7.92. The number of nitrogens with one attached hydrogen (secondary N) is 1. The van der Waals surface area contributed by atoms with Gasteiger partial charge in [0, 0.05) is 68.2 Å². The molecular weight excluding hydrogens is 566 g/mol. The highest BCUT2D eigenvalue weighted by atomic mass is 32.2. The number of oxime groups is 1. The first-order valence-electron chi connectivity index (χ1n) is 13.3. The maximum absolute atomic E-state index is 13.3. The van der Waals surface area contributed by atoms with Crippen LogP contribution in [0.5, 0.6) is 0 Å². The summed E-state index contributed by atoms with van der Waals surface area (Å²) in [6.45, 7) is 6.41. The van der Waals surface area contributed by atoms with Gasteiger partial charge in [-0.25, -0.2) is 23.4 Å². The first-order chi connectivity index (χ1) is 19.7. The molecule has 3 heterocycles. The molecule has 1 atom stereocenters. The van der Waals surface area contributed by atoms with Crippen LogP contribution in [0.3, 0.4) is 0 Å². The Balaban J connectivity index is 1.28. The normalized spacial score (nSPS) is 18.2. The topological polar surface area (TPSA) is 147 Å². The standard InChI is InChI=1S/C27H31N7O5S2/c1-18-15-33(12-13-34(18)19(2)35)16-21-14-30-27(40-21)31-26(36)25(32-39-17-24-28-10-3-11-29-24)20-4-6-22(7-5-20)41(37,38)23-8-9-23/h3-7,10-11,14,18,23H,8-9,12-13,15-17H2,1-2H3,(H,30,31,36)/b32-25+/t18-/m0/s1. The maximum Gasteiger partial charge on any atom is 0.280 e. The van der Waals surface area contributed by atoms with E-state index in [4.69, 9.17) is 4.84 Å². The first kappa shape index (κ1) is 28.8. The van der Waals surface area contributed by atoms with Crippen LogP contribution in [0.2, 0.25) is 0 Å². The second kappa shape index (κ2) is 12.4. The summed E-state index contributed by atoms with van der Waals surface area (Å²) < 4.78 is 25.2. The molecule has 41 heavy (non-hydrogen) atoms. The molecule has 2 fully saturated rings. The number of piperazine rings is 1. The maximum atomic E-state index is 13.3. The minimum atomic E-state index is -3.37. The third-order valence-corrected chi connectivity index (χ3v) is 10.0. The van der Waals surface area contributed by atoms with Crippen LogP contribution in [0, 0.1) is 0 Å². The molecule has 14 heteroatoms. The van der Waals surface area contributed by atoms with E-state index in [1.807, 2.05) is 11.8 Å². The highest BCUT2D eigenvalue weighted by Crippen LogP contribution is 2.33. The van der Waals surface area contributed by atoms with Gasteiger partial charge in [-0.3, -0.25) is 19.8 Å². The second-order valence-corrected chi connectivity index (χ2v) is 13.4. The zero-order valence-electron chi connectivity index (χ0n) is 22.8. The summed E-state index contributed by atoms with van der Waals surface area (Å²) in [6, 6.07) is 7.87. The van der Waals surface area contributed by atoms with E-state index in [2.05, 4.69) is 30.3 Å². The average molecular weight is 598 g/mol. The lowest BCUT2D eigenvalue weighted by Gasteiger charge is -2.39. The number of benzene rings is 1. The molecule has 2 aliphatic rings. The third-order valence-electron chi connectivity index (χ3n) is 6.87. The fourth-order valence-electron chi connectivity index (χ4n) is 4.62. The molecule has 12 nitrogen and oxygen atoms in total. The van der Waals surface area contributed by atoms with Gasteiger partial charge in [0.2, 0.25) is 5.91 Å². The summed E-state index contributed by atoms with van der Waals surface area (Å²) in [5.41, 5.74) is 0.350. The van der Waals surface area contributed by atoms with Gasteiger partial charge < -0.3 is 9.74 Å². The van der Waals surface area contributed by atoms with Crippen molar-refractivity contribution in [3.63, 3.8) is 0 Å². The number of aromatic nitrogens is 3. The summed E-state index contributed by atoms with van der Waals surface area (Å²) >= 11 is 1.35. The van der Waals surface area contributed by atoms with E-state index in [0.717, 1.165) is 18.0 Å². The van der Waals surface area contributed by atoms with E-state index < -0.39 is 15.7 Å². The van der Waals surface area contributed by atoms with Crippen LogP contribution >= 0.6 is 11.3 Å². The molecule has 2 amide bonds. The minimum Gasteiger partial charge on any atom is -0.387 e. The van der Waals surface area contributed by atoms with Crippen LogP contribution in [0.15, 0.2) is 59.0 Å². The molecule has 3 aromatic rings. The van der Waals surface area contributed by atoms with Crippen LogP contribution in [-0.2, 0) is 37.4 Å². The Morgan fingerprint density at radius 3 is 2.51 bits per heavy atom. The molecule has 1 N–H and O–H groups in total. The number of hydrogen-bond acceptors (Lipinski definition) is 11. The van der Waals surface area contributed by atoms with Crippen LogP contribution in [-0.4, -0.2) is 81.6 Å². The Morgan fingerprint density at radius 1 is 1.12 bits per heavy atom. The fraction of sp³-hybridized carbons (Fsp3) is 0.407. The van der Waals surface area contributed by atoms with Gasteiger partial charge in [-0.2, -0.15) is 0 Å². The quantitative estimate of drug-likeness (QED) is 0.275. The van der Waals surface area contributed by atoms with Crippen molar-refractivity contribution in [3.8, 4) is 0 Å². The number of nitrogens with zero attached hydrogens (tertiary/aromatic N) is 6. The molecule has 1 saturated heterocycles. The van der Waals surface area contributed by atoms with Gasteiger partial charge in [0.1, 0.15) is 0 Å². The van der Waals surface area contributed by atoms with Crippen molar-refractivity contribution in [1.82, 2.24) is 24.8 Å². The van der Waals surface area contributed by atoms with Gasteiger partial charge in [0.25, 0.3) is 5.91 Å². The van der Waals surface area contributed by atoms with Crippen LogP contribution < -0.4 is 5.32 Å². The van der Waals surface area contributed by atoms with Crippen molar-refractivity contribution < 1.29 is 22.8 Å². The van der Waals surface area contributed by atoms with Gasteiger partial charge in [0.05, 0.1) is 10.1 Å². The summed E-state index contributed by atoms with van der Waals surface area (Å²) in [4.78, 5) is 48.4. The molecule has 216 valence electrons. The van der Waals surface area contributed by atoms with E-state index in [1.54, 1.807) is 43.7 Å². The second-order valence-electron chi connectivity index (χ2n) is 10.0. The Labute approximate surface area is 242 Å². The lowest BCUT2D eigenvalue weighted by molar-refractivity contribution is -0.133. The minimum absolute atomic E-state index is 0.0396. The first-order valence-corrected chi connectivity index (χ1v) is 15.6. The Morgan fingerprint density at radius 2 is 1.85 bits per heavy atom. The van der Waals surface area contributed by atoms with Crippen molar-refractivity contribution in [1.29, 1.82) is 0 Å². The van der Waals surface area contributed by atoms with E-state index in [1.165, 1.54) is 23.5 Å². The largest absolute Gasteiger partial charge is 0.387 e. The number of amides is 2. The smallest absolute Gasteiger partial charge is 0.280 e. The lowest BCUT2D eigenvalue weighted by Crippen LogP contribution is -2.52. The van der Waals surface area contributed by atoms with Gasteiger partial charge in [-0.05, 0) is 38.0 Å². The van der Waals surface area contributed by atoms with Gasteiger partial charge in [-0.15, -0.1) is 11.3 Å². The molecule has 0 spiro atoms. The zero-order chi connectivity index (χ0) is 29.0. The molecule has 1 aromatic carbocycles. The molecule has 5 rings (SSSR count). The van der Waals surface area contributed by atoms with Crippen molar-refractivity contribution in [2.24, 2.45) is 5.16 Å². The molecule has 1 aliphatic heterocycles. The zero-order valence-corrected chi connectivity index (χ0v) is 24.4. The Kier molecular flexibility index (Phi) is 8.71.